The average Bonchev–Trinajstić information content (AvgIpc) is 3.15. The Morgan fingerprint density at radius 1 is 1.11 bits per heavy atom. The number of rotatable bonds is 8. The number of ether oxygens (including phenoxy) is 2. The van der Waals surface area contributed by atoms with Gasteiger partial charge in [0.1, 0.15) is 11.5 Å². The number of nitrogens with one attached hydrogen (secondary N) is 2. The van der Waals surface area contributed by atoms with Crippen molar-refractivity contribution in [2.75, 3.05) is 14.2 Å². The second-order valence-corrected chi connectivity index (χ2v) is 7.07. The molecular formula is C23H28N2O3. The van der Waals surface area contributed by atoms with Crippen molar-refractivity contribution in [3.8, 4) is 11.5 Å². The van der Waals surface area contributed by atoms with E-state index in [1.165, 1.54) is 0 Å². The monoisotopic (exact) mass is 380 g/mol. The van der Waals surface area contributed by atoms with Gasteiger partial charge in [-0.15, -0.1) is 0 Å². The first-order valence-corrected chi connectivity index (χ1v) is 9.64. The topological polar surface area (TPSA) is 63.4 Å². The van der Waals surface area contributed by atoms with Crippen LogP contribution in [0.2, 0.25) is 0 Å². The Morgan fingerprint density at radius 2 is 1.79 bits per heavy atom. The molecule has 3 aromatic rings. The molecule has 0 radical (unpaired) electrons. The lowest BCUT2D eigenvalue weighted by Gasteiger charge is -2.20. The van der Waals surface area contributed by atoms with Gasteiger partial charge in [0.15, 0.2) is 0 Å². The number of carbonyl (C=O) groups excluding carboxylic acids is 1. The molecule has 1 amide bonds. The van der Waals surface area contributed by atoms with Crippen molar-refractivity contribution >= 4 is 16.8 Å². The fourth-order valence-electron chi connectivity index (χ4n) is 3.44. The van der Waals surface area contributed by atoms with Gasteiger partial charge in [-0.05, 0) is 42.7 Å². The summed E-state index contributed by atoms with van der Waals surface area (Å²) < 4.78 is 10.9. The maximum absolute atomic E-state index is 12.8. The summed E-state index contributed by atoms with van der Waals surface area (Å²) in [4.78, 5) is 16.1. The summed E-state index contributed by atoms with van der Waals surface area (Å²) in [7, 11) is 3.27. The highest BCUT2D eigenvalue weighted by atomic mass is 16.5. The summed E-state index contributed by atoms with van der Waals surface area (Å²) in [6, 6.07) is 14.1. The number of amides is 1. The summed E-state index contributed by atoms with van der Waals surface area (Å²) >= 11 is 0. The Hall–Kier alpha value is -2.95. The molecule has 5 heteroatoms. The normalized spacial score (nSPS) is 13.1. The van der Waals surface area contributed by atoms with Crippen LogP contribution in [0.5, 0.6) is 11.5 Å². The second kappa shape index (κ2) is 8.83. The molecular weight excluding hydrogens is 352 g/mol. The zero-order valence-corrected chi connectivity index (χ0v) is 16.9. The van der Waals surface area contributed by atoms with E-state index in [2.05, 4.69) is 23.3 Å². The largest absolute Gasteiger partial charge is 0.497 e. The van der Waals surface area contributed by atoms with Gasteiger partial charge in [-0.2, -0.15) is 0 Å². The number of aromatic nitrogens is 1. The van der Waals surface area contributed by atoms with Gasteiger partial charge < -0.3 is 19.8 Å². The first kappa shape index (κ1) is 19.8. The predicted octanol–water partition coefficient (Wildman–Crippen LogP) is 4.62. The van der Waals surface area contributed by atoms with Crippen molar-refractivity contribution in [3.05, 3.63) is 59.8 Å². The number of hydrogen-bond acceptors (Lipinski definition) is 3. The molecule has 3 rings (SSSR count). The third kappa shape index (κ3) is 4.30. The van der Waals surface area contributed by atoms with Crippen LogP contribution in [0.25, 0.3) is 10.9 Å². The minimum atomic E-state index is -0.121. The highest BCUT2D eigenvalue weighted by Gasteiger charge is 2.23. The third-order valence-corrected chi connectivity index (χ3v) is 5.18. The molecule has 0 spiro atoms. The van der Waals surface area contributed by atoms with Crippen LogP contribution in [0, 0.1) is 0 Å². The van der Waals surface area contributed by atoms with Gasteiger partial charge >= 0.3 is 0 Å². The van der Waals surface area contributed by atoms with E-state index in [0.717, 1.165) is 28.5 Å². The molecule has 0 saturated carbocycles. The first-order chi connectivity index (χ1) is 13.5. The zero-order chi connectivity index (χ0) is 20.1. The lowest BCUT2D eigenvalue weighted by molar-refractivity contribution is -0.121. The van der Waals surface area contributed by atoms with Gasteiger partial charge in [-0.3, -0.25) is 4.79 Å². The Balaban J connectivity index is 2.05. The molecule has 0 aliphatic heterocycles. The smallest absolute Gasteiger partial charge is 0.221 e. The molecule has 1 heterocycles. The van der Waals surface area contributed by atoms with Crippen LogP contribution < -0.4 is 14.8 Å². The molecule has 0 aliphatic rings. The Morgan fingerprint density at radius 3 is 2.43 bits per heavy atom. The Bertz CT molecular complexity index is 926. The van der Waals surface area contributed by atoms with Gasteiger partial charge in [-0.1, -0.05) is 25.1 Å². The quantitative estimate of drug-likeness (QED) is 0.599. The molecule has 2 aromatic carbocycles. The van der Waals surface area contributed by atoms with Crippen LogP contribution >= 0.6 is 0 Å². The van der Waals surface area contributed by atoms with Crippen molar-refractivity contribution in [2.24, 2.45) is 0 Å². The predicted molar refractivity (Wildman–Crippen MR) is 112 cm³/mol. The molecule has 28 heavy (non-hydrogen) atoms. The summed E-state index contributed by atoms with van der Waals surface area (Å²) in [5.41, 5.74) is 3.13. The Kier molecular flexibility index (Phi) is 6.24. The number of para-hydroxylation sites is 1. The molecule has 0 aliphatic carbocycles. The lowest BCUT2D eigenvalue weighted by Crippen LogP contribution is -2.33. The fourth-order valence-corrected chi connectivity index (χ4v) is 3.44. The maximum Gasteiger partial charge on any atom is 0.221 e. The molecule has 2 unspecified atom stereocenters. The lowest BCUT2D eigenvalue weighted by atomic mass is 9.87. The van der Waals surface area contributed by atoms with Gasteiger partial charge in [-0.25, -0.2) is 0 Å². The van der Waals surface area contributed by atoms with E-state index < -0.39 is 0 Å². The van der Waals surface area contributed by atoms with Crippen molar-refractivity contribution in [1.82, 2.24) is 10.3 Å². The number of aromatic amines is 1. The minimum absolute atomic E-state index is 0.0337. The van der Waals surface area contributed by atoms with Crippen LogP contribution in [0.15, 0.2) is 48.7 Å². The molecule has 0 bridgehead atoms. The Labute approximate surface area is 166 Å². The number of benzene rings is 2. The molecule has 0 saturated heterocycles. The van der Waals surface area contributed by atoms with E-state index in [4.69, 9.17) is 9.47 Å². The van der Waals surface area contributed by atoms with Crippen LogP contribution in [-0.2, 0) is 4.79 Å². The minimum Gasteiger partial charge on any atom is -0.497 e. The van der Waals surface area contributed by atoms with E-state index >= 15 is 0 Å². The van der Waals surface area contributed by atoms with Crippen molar-refractivity contribution in [2.45, 2.75) is 38.6 Å². The number of H-pyrrole nitrogens is 1. The van der Waals surface area contributed by atoms with E-state index in [1.807, 2.05) is 49.5 Å². The van der Waals surface area contributed by atoms with Crippen LogP contribution in [0.1, 0.15) is 43.7 Å². The van der Waals surface area contributed by atoms with E-state index in [9.17, 15) is 4.79 Å². The molecule has 0 fully saturated rings. The number of hydrogen-bond donors (Lipinski definition) is 2. The second-order valence-electron chi connectivity index (χ2n) is 7.07. The number of carbonyl (C=O) groups is 1. The van der Waals surface area contributed by atoms with Crippen LogP contribution in [0.4, 0.5) is 0 Å². The van der Waals surface area contributed by atoms with Gasteiger partial charge in [0.25, 0.3) is 0 Å². The highest BCUT2D eigenvalue weighted by Crippen LogP contribution is 2.36. The summed E-state index contributed by atoms with van der Waals surface area (Å²) in [6.07, 6.45) is 3.25. The first-order valence-electron chi connectivity index (χ1n) is 9.64. The SMILES string of the molecule is CCC(C)NC(=O)CC(c1cc(OC)cc(OC)c1)c1c[nH]c2ccccc12. The van der Waals surface area contributed by atoms with Gasteiger partial charge in [0, 0.05) is 41.5 Å². The van der Waals surface area contributed by atoms with E-state index in [1.54, 1.807) is 14.2 Å². The van der Waals surface area contributed by atoms with Crippen molar-refractivity contribution < 1.29 is 14.3 Å². The van der Waals surface area contributed by atoms with Crippen molar-refractivity contribution in [1.29, 1.82) is 0 Å². The molecule has 1 aromatic heterocycles. The van der Waals surface area contributed by atoms with Crippen LogP contribution in [0.3, 0.4) is 0 Å². The van der Waals surface area contributed by atoms with E-state index in [0.29, 0.717) is 17.9 Å². The van der Waals surface area contributed by atoms with Crippen molar-refractivity contribution in [3.63, 3.8) is 0 Å². The number of fused-ring (bicyclic) bond motifs is 1. The van der Waals surface area contributed by atoms with E-state index in [-0.39, 0.29) is 17.9 Å². The standard InChI is InChI=1S/C23H28N2O3/c1-5-15(2)25-23(26)13-20(16-10-17(27-3)12-18(11-16)28-4)21-14-24-22-9-7-6-8-19(21)22/h6-12,14-15,20,24H,5,13H2,1-4H3,(H,25,26). The summed E-state index contributed by atoms with van der Waals surface area (Å²) in [5.74, 6) is 1.33. The summed E-state index contributed by atoms with van der Waals surface area (Å²) in [6.45, 7) is 4.09. The zero-order valence-electron chi connectivity index (χ0n) is 16.9. The molecule has 2 N–H and O–H groups in total. The third-order valence-electron chi connectivity index (χ3n) is 5.18. The highest BCUT2D eigenvalue weighted by molar-refractivity contribution is 5.86. The molecule has 5 nitrogen and oxygen atoms in total. The fraction of sp³-hybridized carbons (Fsp3) is 0.348. The van der Waals surface area contributed by atoms with Gasteiger partial charge in [0.05, 0.1) is 14.2 Å². The average molecular weight is 380 g/mol. The maximum atomic E-state index is 12.8. The number of methoxy groups -OCH3 is 2. The van der Waals surface area contributed by atoms with Gasteiger partial charge in [0.2, 0.25) is 5.91 Å². The summed E-state index contributed by atoms with van der Waals surface area (Å²) in [5, 5.41) is 4.20. The molecule has 2 atom stereocenters. The molecule has 148 valence electrons. The van der Waals surface area contributed by atoms with Crippen LogP contribution in [-0.4, -0.2) is 31.2 Å².